The van der Waals surface area contributed by atoms with E-state index in [0.717, 1.165) is 17.4 Å². The smallest absolute Gasteiger partial charge is 0.290 e. The first-order chi connectivity index (χ1) is 13.3. The summed E-state index contributed by atoms with van der Waals surface area (Å²) in [6.45, 7) is 2.37. The third-order valence-corrected chi connectivity index (χ3v) is 5.71. The van der Waals surface area contributed by atoms with E-state index in [2.05, 4.69) is 5.32 Å². The van der Waals surface area contributed by atoms with Gasteiger partial charge in [-0.2, -0.15) is 0 Å². The van der Waals surface area contributed by atoms with Crippen LogP contribution in [0.3, 0.4) is 0 Å². The maximum absolute atomic E-state index is 11.9. The molecule has 2 fully saturated rings. The SMILES string of the molecule is CC(=O)N(CC(N)=O)[C@H]1CCN(c2c(Cl)cccc2/C=C2\SC(=O)NC2=O)C1. The minimum Gasteiger partial charge on any atom is -0.368 e. The van der Waals surface area contributed by atoms with Gasteiger partial charge in [0, 0.05) is 25.6 Å². The van der Waals surface area contributed by atoms with Crippen molar-refractivity contribution in [2.75, 3.05) is 24.5 Å². The number of halogens is 1. The monoisotopic (exact) mass is 422 g/mol. The number of carbonyl (C=O) groups excluding carboxylic acids is 4. The second-order valence-corrected chi connectivity index (χ2v) is 7.95. The molecule has 148 valence electrons. The number of primary amides is 1. The van der Waals surface area contributed by atoms with Crippen molar-refractivity contribution < 1.29 is 19.2 Å². The van der Waals surface area contributed by atoms with E-state index in [4.69, 9.17) is 17.3 Å². The van der Waals surface area contributed by atoms with Crippen molar-refractivity contribution in [3.63, 3.8) is 0 Å². The van der Waals surface area contributed by atoms with Gasteiger partial charge < -0.3 is 15.5 Å². The second kappa shape index (κ2) is 8.24. The number of nitrogens with two attached hydrogens (primary N) is 1. The van der Waals surface area contributed by atoms with E-state index in [1.54, 1.807) is 18.2 Å². The predicted molar refractivity (Wildman–Crippen MR) is 108 cm³/mol. The van der Waals surface area contributed by atoms with Crippen LogP contribution >= 0.6 is 23.4 Å². The molecule has 1 aromatic rings. The minimum atomic E-state index is -0.564. The van der Waals surface area contributed by atoms with Crippen molar-refractivity contribution in [3.05, 3.63) is 33.7 Å². The summed E-state index contributed by atoms with van der Waals surface area (Å²) < 4.78 is 0. The molecule has 2 aliphatic rings. The van der Waals surface area contributed by atoms with E-state index < -0.39 is 17.1 Å². The molecule has 10 heteroatoms. The molecule has 2 heterocycles. The molecule has 0 unspecified atom stereocenters. The van der Waals surface area contributed by atoms with Crippen molar-refractivity contribution >= 4 is 58.1 Å². The van der Waals surface area contributed by atoms with Crippen LogP contribution in [0.5, 0.6) is 0 Å². The van der Waals surface area contributed by atoms with Gasteiger partial charge in [0.2, 0.25) is 11.8 Å². The van der Waals surface area contributed by atoms with Crippen molar-refractivity contribution in [1.82, 2.24) is 10.2 Å². The van der Waals surface area contributed by atoms with Crippen molar-refractivity contribution in [2.45, 2.75) is 19.4 Å². The van der Waals surface area contributed by atoms with Gasteiger partial charge in [-0.15, -0.1) is 0 Å². The van der Waals surface area contributed by atoms with Crippen molar-refractivity contribution in [2.24, 2.45) is 5.73 Å². The number of nitrogens with zero attached hydrogens (tertiary/aromatic N) is 2. The lowest BCUT2D eigenvalue weighted by molar-refractivity contribution is -0.135. The lowest BCUT2D eigenvalue weighted by Gasteiger charge is -2.28. The van der Waals surface area contributed by atoms with Crippen LogP contribution < -0.4 is 16.0 Å². The molecule has 0 saturated carbocycles. The third-order valence-electron chi connectivity index (χ3n) is 4.60. The number of anilines is 1. The summed E-state index contributed by atoms with van der Waals surface area (Å²) in [5.41, 5.74) is 6.68. The molecule has 0 radical (unpaired) electrons. The van der Waals surface area contributed by atoms with E-state index >= 15 is 0 Å². The number of carbonyl (C=O) groups is 4. The first-order valence-electron chi connectivity index (χ1n) is 8.60. The highest BCUT2D eigenvalue weighted by Crippen LogP contribution is 2.36. The second-order valence-electron chi connectivity index (χ2n) is 6.53. The summed E-state index contributed by atoms with van der Waals surface area (Å²) in [4.78, 5) is 50.3. The standard InChI is InChI=1S/C18H19ClN4O4S/c1-10(24)23(9-15(20)25)12-5-6-22(8-12)16-11(3-2-4-13(16)19)7-14-17(26)21-18(27)28-14/h2-4,7,12H,5-6,8-9H2,1H3,(H2,20,25)(H,21,26,27)/b14-7-/t12-/m0/s1. The third kappa shape index (κ3) is 4.31. The van der Waals surface area contributed by atoms with Crippen LogP contribution in [0, 0.1) is 0 Å². The summed E-state index contributed by atoms with van der Waals surface area (Å²) in [5, 5.41) is 2.31. The summed E-state index contributed by atoms with van der Waals surface area (Å²) in [7, 11) is 0. The van der Waals surface area contributed by atoms with Crippen LogP contribution in [0.4, 0.5) is 10.5 Å². The quantitative estimate of drug-likeness (QED) is 0.696. The molecule has 2 aliphatic heterocycles. The Morgan fingerprint density at radius 3 is 2.79 bits per heavy atom. The first kappa shape index (κ1) is 20.2. The maximum atomic E-state index is 11.9. The van der Waals surface area contributed by atoms with Crippen LogP contribution in [0.25, 0.3) is 6.08 Å². The lowest BCUT2D eigenvalue weighted by atomic mass is 10.1. The molecule has 0 aromatic heterocycles. The molecule has 1 aromatic carbocycles. The Bertz CT molecular complexity index is 888. The average Bonchev–Trinajstić information content (AvgIpc) is 3.19. The highest BCUT2D eigenvalue weighted by molar-refractivity contribution is 8.18. The molecular formula is C18H19ClN4O4S. The predicted octanol–water partition coefficient (Wildman–Crippen LogP) is 1.58. The Balaban J connectivity index is 1.88. The van der Waals surface area contributed by atoms with E-state index in [-0.39, 0.29) is 18.5 Å². The first-order valence-corrected chi connectivity index (χ1v) is 9.79. The molecule has 28 heavy (non-hydrogen) atoms. The van der Waals surface area contributed by atoms with Gasteiger partial charge >= 0.3 is 0 Å². The van der Waals surface area contributed by atoms with Gasteiger partial charge in [0.05, 0.1) is 28.2 Å². The average molecular weight is 423 g/mol. The van der Waals surface area contributed by atoms with Gasteiger partial charge in [0.25, 0.3) is 11.1 Å². The minimum absolute atomic E-state index is 0.133. The van der Waals surface area contributed by atoms with Gasteiger partial charge in [-0.3, -0.25) is 24.5 Å². The summed E-state index contributed by atoms with van der Waals surface area (Å²) in [5.74, 6) is -1.22. The molecule has 1 atom stereocenters. The Hall–Kier alpha value is -2.52. The molecule has 3 rings (SSSR count). The van der Waals surface area contributed by atoms with E-state index in [1.165, 1.54) is 11.8 Å². The summed E-state index contributed by atoms with van der Waals surface area (Å²) >= 11 is 7.27. The molecule has 3 N–H and O–H groups in total. The topological polar surface area (TPSA) is 113 Å². The molecule has 4 amide bonds. The number of rotatable bonds is 5. The molecule has 0 bridgehead atoms. The molecule has 0 aliphatic carbocycles. The van der Waals surface area contributed by atoms with Crippen LogP contribution in [-0.2, 0) is 14.4 Å². The maximum Gasteiger partial charge on any atom is 0.290 e. The highest BCUT2D eigenvalue weighted by Gasteiger charge is 2.32. The fourth-order valence-electron chi connectivity index (χ4n) is 3.41. The number of benzene rings is 1. The Kier molecular flexibility index (Phi) is 5.95. The van der Waals surface area contributed by atoms with Gasteiger partial charge in [0.15, 0.2) is 0 Å². The summed E-state index contributed by atoms with van der Waals surface area (Å²) in [6.07, 6.45) is 2.29. The number of amides is 4. The number of para-hydroxylation sites is 1. The van der Waals surface area contributed by atoms with Crippen molar-refractivity contribution in [1.29, 1.82) is 0 Å². The molecule has 8 nitrogen and oxygen atoms in total. The molecule has 2 saturated heterocycles. The largest absolute Gasteiger partial charge is 0.368 e. The number of nitrogens with one attached hydrogen (secondary N) is 1. The van der Waals surface area contributed by atoms with Gasteiger partial charge in [0.1, 0.15) is 0 Å². The molecular weight excluding hydrogens is 404 g/mol. The fraction of sp³-hybridized carbons (Fsp3) is 0.333. The Morgan fingerprint density at radius 1 is 1.43 bits per heavy atom. The zero-order valence-corrected chi connectivity index (χ0v) is 16.7. The van der Waals surface area contributed by atoms with Crippen LogP contribution in [-0.4, -0.2) is 53.5 Å². The van der Waals surface area contributed by atoms with Gasteiger partial charge in [-0.1, -0.05) is 23.7 Å². The number of thioether (sulfide) groups is 1. The molecule has 0 spiro atoms. The number of hydrogen-bond donors (Lipinski definition) is 2. The zero-order valence-electron chi connectivity index (χ0n) is 15.1. The Morgan fingerprint density at radius 2 is 2.18 bits per heavy atom. The number of imide groups is 1. The van der Waals surface area contributed by atoms with Crippen LogP contribution in [0.2, 0.25) is 5.02 Å². The van der Waals surface area contributed by atoms with E-state index in [9.17, 15) is 19.2 Å². The van der Waals surface area contributed by atoms with Gasteiger partial charge in [-0.05, 0) is 30.3 Å². The van der Waals surface area contributed by atoms with E-state index in [1.807, 2.05) is 11.0 Å². The van der Waals surface area contributed by atoms with E-state index in [0.29, 0.717) is 35.0 Å². The fourth-order valence-corrected chi connectivity index (χ4v) is 4.38. The summed E-state index contributed by atoms with van der Waals surface area (Å²) in [6, 6.07) is 5.14. The Labute approximate surface area is 171 Å². The lowest BCUT2D eigenvalue weighted by Crippen LogP contribution is -2.45. The number of hydrogen-bond acceptors (Lipinski definition) is 6. The van der Waals surface area contributed by atoms with Gasteiger partial charge in [-0.25, -0.2) is 0 Å². The van der Waals surface area contributed by atoms with Crippen LogP contribution in [0.1, 0.15) is 18.9 Å². The zero-order chi connectivity index (χ0) is 20.4. The normalized spacial score (nSPS) is 20.6. The van der Waals surface area contributed by atoms with Crippen molar-refractivity contribution in [3.8, 4) is 0 Å². The highest BCUT2D eigenvalue weighted by atomic mass is 35.5. The van der Waals surface area contributed by atoms with Crippen LogP contribution in [0.15, 0.2) is 23.1 Å².